The molecule has 0 aliphatic carbocycles. The third-order valence-electron chi connectivity index (χ3n) is 3.03. The van der Waals surface area contributed by atoms with Gasteiger partial charge in [-0.15, -0.1) is 0 Å². The maximum absolute atomic E-state index is 12.1. The molecule has 7 heteroatoms. The van der Waals surface area contributed by atoms with Gasteiger partial charge in [0.05, 0.1) is 0 Å². The van der Waals surface area contributed by atoms with Crippen molar-refractivity contribution in [3.63, 3.8) is 0 Å². The van der Waals surface area contributed by atoms with Crippen molar-refractivity contribution < 1.29 is 8.42 Å². The molecule has 1 saturated heterocycles. The van der Waals surface area contributed by atoms with Gasteiger partial charge in [-0.1, -0.05) is 0 Å². The highest BCUT2D eigenvalue weighted by atomic mass is 32.2. The minimum absolute atomic E-state index is 0.433. The third-order valence-corrected chi connectivity index (χ3v) is 4.95. The number of nitrogens with zero attached hydrogens (tertiary/aromatic N) is 2. The molecule has 19 heavy (non-hydrogen) atoms. The van der Waals surface area contributed by atoms with Crippen LogP contribution in [0.2, 0.25) is 0 Å². The summed E-state index contributed by atoms with van der Waals surface area (Å²) in [6, 6.07) is 0. The molecule has 0 atom stereocenters. The molecule has 1 aliphatic rings. The van der Waals surface area contributed by atoms with Crippen molar-refractivity contribution in [3.05, 3.63) is 0 Å². The third kappa shape index (κ3) is 6.18. The molecule has 0 radical (unpaired) electrons. The van der Waals surface area contributed by atoms with Crippen molar-refractivity contribution in [1.82, 2.24) is 13.9 Å². The molecule has 0 spiro atoms. The molecule has 0 aromatic carbocycles. The van der Waals surface area contributed by atoms with Gasteiger partial charge in [0.25, 0.3) is 10.2 Å². The SMILES string of the molecule is CC(C)(C)NS(=O)(=O)N1CCN(CCCCN)CC1. The Labute approximate surface area is 117 Å². The average Bonchev–Trinajstić information content (AvgIpc) is 2.27. The predicted octanol–water partition coefficient (Wildman–Crippen LogP) is -0.0242. The van der Waals surface area contributed by atoms with Gasteiger partial charge in [-0.2, -0.15) is 17.4 Å². The Balaban J connectivity index is 2.41. The highest BCUT2D eigenvalue weighted by molar-refractivity contribution is 7.87. The van der Waals surface area contributed by atoms with Crippen LogP contribution in [0.3, 0.4) is 0 Å². The van der Waals surface area contributed by atoms with Crippen LogP contribution in [0.4, 0.5) is 0 Å². The molecule has 0 saturated carbocycles. The van der Waals surface area contributed by atoms with Gasteiger partial charge in [0.2, 0.25) is 0 Å². The zero-order chi connectivity index (χ0) is 14.5. The molecule has 114 valence electrons. The summed E-state index contributed by atoms with van der Waals surface area (Å²) >= 11 is 0. The van der Waals surface area contributed by atoms with E-state index in [0.717, 1.165) is 39.0 Å². The first kappa shape index (κ1) is 16.8. The number of hydrogen-bond acceptors (Lipinski definition) is 4. The van der Waals surface area contributed by atoms with Gasteiger partial charge in [0.1, 0.15) is 0 Å². The zero-order valence-electron chi connectivity index (χ0n) is 12.4. The van der Waals surface area contributed by atoms with E-state index in [1.54, 1.807) is 0 Å². The van der Waals surface area contributed by atoms with Crippen LogP contribution < -0.4 is 10.5 Å². The minimum atomic E-state index is -3.35. The molecule has 0 bridgehead atoms. The molecule has 3 N–H and O–H groups in total. The second-order valence-electron chi connectivity index (χ2n) is 6.09. The van der Waals surface area contributed by atoms with Crippen molar-refractivity contribution in [3.8, 4) is 0 Å². The van der Waals surface area contributed by atoms with Crippen LogP contribution in [0.1, 0.15) is 33.6 Å². The fraction of sp³-hybridized carbons (Fsp3) is 1.00. The lowest BCUT2D eigenvalue weighted by molar-refractivity contribution is 0.184. The van der Waals surface area contributed by atoms with Crippen LogP contribution in [-0.4, -0.2) is 62.4 Å². The lowest BCUT2D eigenvalue weighted by Gasteiger charge is -2.35. The topological polar surface area (TPSA) is 78.7 Å². The van der Waals surface area contributed by atoms with Crippen LogP contribution in [0.15, 0.2) is 0 Å². The Bertz CT molecular complexity index is 356. The smallest absolute Gasteiger partial charge is 0.280 e. The average molecular weight is 292 g/mol. The summed E-state index contributed by atoms with van der Waals surface area (Å²) in [7, 11) is -3.35. The Morgan fingerprint density at radius 2 is 1.68 bits per heavy atom. The number of unbranched alkanes of at least 4 members (excludes halogenated alkanes) is 1. The Hall–Kier alpha value is -0.210. The molecular formula is C12H28N4O2S. The largest absolute Gasteiger partial charge is 0.330 e. The molecule has 1 fully saturated rings. The summed E-state index contributed by atoms with van der Waals surface area (Å²) in [6.07, 6.45) is 2.12. The predicted molar refractivity (Wildman–Crippen MR) is 78.1 cm³/mol. The fourth-order valence-corrected chi connectivity index (χ4v) is 3.67. The summed E-state index contributed by atoms with van der Waals surface area (Å²) in [5.74, 6) is 0. The molecule has 0 amide bonds. The normalized spacial score (nSPS) is 19.8. The van der Waals surface area contributed by atoms with Crippen LogP contribution in [0, 0.1) is 0 Å². The van der Waals surface area contributed by atoms with Gasteiger partial charge in [-0.3, -0.25) is 0 Å². The van der Waals surface area contributed by atoms with Gasteiger partial charge in [-0.05, 0) is 46.7 Å². The Morgan fingerprint density at radius 1 is 1.11 bits per heavy atom. The van der Waals surface area contributed by atoms with E-state index < -0.39 is 15.7 Å². The summed E-state index contributed by atoms with van der Waals surface area (Å²) < 4.78 is 28.5. The second kappa shape index (κ2) is 6.99. The zero-order valence-corrected chi connectivity index (χ0v) is 13.2. The van der Waals surface area contributed by atoms with Crippen molar-refractivity contribution in [2.24, 2.45) is 5.73 Å². The highest BCUT2D eigenvalue weighted by Crippen LogP contribution is 2.10. The molecule has 1 heterocycles. The molecule has 0 aromatic heterocycles. The molecule has 0 aromatic rings. The second-order valence-corrected chi connectivity index (χ2v) is 7.76. The highest BCUT2D eigenvalue weighted by Gasteiger charge is 2.29. The van der Waals surface area contributed by atoms with Gasteiger partial charge < -0.3 is 10.6 Å². The number of piperazine rings is 1. The van der Waals surface area contributed by atoms with Crippen molar-refractivity contribution in [2.75, 3.05) is 39.3 Å². The van der Waals surface area contributed by atoms with E-state index >= 15 is 0 Å². The van der Waals surface area contributed by atoms with Crippen molar-refractivity contribution in [1.29, 1.82) is 0 Å². The minimum Gasteiger partial charge on any atom is -0.330 e. The van der Waals surface area contributed by atoms with Gasteiger partial charge in [0.15, 0.2) is 0 Å². The van der Waals surface area contributed by atoms with E-state index in [0.29, 0.717) is 13.1 Å². The summed E-state index contributed by atoms with van der Waals surface area (Å²) in [5.41, 5.74) is 5.03. The monoisotopic (exact) mass is 292 g/mol. The summed E-state index contributed by atoms with van der Waals surface area (Å²) in [6.45, 7) is 10.0. The Kier molecular flexibility index (Phi) is 6.19. The number of nitrogens with one attached hydrogen (secondary N) is 1. The first-order valence-corrected chi connectivity index (χ1v) is 8.40. The quantitative estimate of drug-likeness (QED) is 0.674. The van der Waals surface area contributed by atoms with E-state index in [4.69, 9.17) is 5.73 Å². The van der Waals surface area contributed by atoms with Crippen LogP contribution >= 0.6 is 0 Å². The van der Waals surface area contributed by atoms with E-state index in [2.05, 4.69) is 9.62 Å². The molecule has 6 nitrogen and oxygen atoms in total. The maximum atomic E-state index is 12.1. The van der Waals surface area contributed by atoms with Crippen LogP contribution in [-0.2, 0) is 10.2 Å². The van der Waals surface area contributed by atoms with Gasteiger partial charge >= 0.3 is 0 Å². The van der Waals surface area contributed by atoms with Crippen LogP contribution in [0.25, 0.3) is 0 Å². The van der Waals surface area contributed by atoms with Gasteiger partial charge in [-0.25, -0.2) is 0 Å². The molecule has 0 unspecified atom stereocenters. The number of rotatable bonds is 6. The van der Waals surface area contributed by atoms with Gasteiger partial charge in [0, 0.05) is 31.7 Å². The van der Waals surface area contributed by atoms with E-state index in [1.807, 2.05) is 20.8 Å². The summed E-state index contributed by atoms with van der Waals surface area (Å²) in [4.78, 5) is 2.30. The summed E-state index contributed by atoms with van der Waals surface area (Å²) in [5, 5.41) is 0. The standard InChI is InChI=1S/C12H28N4O2S/c1-12(2,3)14-19(17,18)16-10-8-15(9-11-16)7-5-4-6-13/h14H,4-11,13H2,1-3H3. The lowest BCUT2D eigenvalue weighted by atomic mass is 10.1. The van der Waals surface area contributed by atoms with Crippen LogP contribution in [0.5, 0.6) is 0 Å². The Morgan fingerprint density at radius 3 is 2.16 bits per heavy atom. The number of nitrogens with two attached hydrogens (primary N) is 1. The van der Waals surface area contributed by atoms with Crippen molar-refractivity contribution in [2.45, 2.75) is 39.2 Å². The first-order chi connectivity index (χ1) is 8.74. The molecular weight excluding hydrogens is 264 g/mol. The molecule has 1 rings (SSSR count). The fourth-order valence-electron chi connectivity index (χ4n) is 2.12. The van der Waals surface area contributed by atoms with E-state index in [9.17, 15) is 8.42 Å². The van der Waals surface area contributed by atoms with E-state index in [-0.39, 0.29) is 0 Å². The maximum Gasteiger partial charge on any atom is 0.280 e. The first-order valence-electron chi connectivity index (χ1n) is 6.96. The van der Waals surface area contributed by atoms with Crippen molar-refractivity contribution >= 4 is 10.2 Å². The molecule has 1 aliphatic heterocycles. The number of hydrogen-bond donors (Lipinski definition) is 2. The lowest BCUT2D eigenvalue weighted by Crippen LogP contribution is -2.55. The van der Waals surface area contributed by atoms with E-state index in [1.165, 1.54) is 4.31 Å².